The van der Waals surface area contributed by atoms with E-state index >= 15 is 0 Å². The van der Waals surface area contributed by atoms with Gasteiger partial charge in [0.25, 0.3) is 0 Å². The second-order valence-corrected chi connectivity index (χ2v) is 6.76. The van der Waals surface area contributed by atoms with Crippen molar-refractivity contribution in [3.05, 3.63) is 49.1 Å². The number of hydrogen-bond donors (Lipinski definition) is 1. The number of nitrogens with one attached hydrogen (secondary N) is 1. The molecule has 25 heavy (non-hydrogen) atoms. The second-order valence-electron chi connectivity index (χ2n) is 4.78. The SMILES string of the molecule is FC(F)(F)c1nc2c(Oc3cc(Cl)c(Cl)c(Cl)c3)c(Cl)c(Cl)cc2[nH]1. The van der Waals surface area contributed by atoms with Crippen LogP contribution < -0.4 is 4.74 Å². The molecule has 3 nitrogen and oxygen atoms in total. The number of alkyl halides is 3. The molecular weight excluding hydrogens is 446 g/mol. The van der Waals surface area contributed by atoms with Gasteiger partial charge in [0.2, 0.25) is 5.82 Å². The first-order valence-corrected chi connectivity index (χ1v) is 8.24. The highest BCUT2D eigenvalue weighted by molar-refractivity contribution is 6.48. The monoisotopic (exact) mass is 448 g/mol. The Balaban J connectivity index is 2.18. The Hall–Kier alpha value is -1.05. The summed E-state index contributed by atoms with van der Waals surface area (Å²) in [7, 11) is 0. The maximum atomic E-state index is 12.9. The van der Waals surface area contributed by atoms with Crippen LogP contribution in [0.15, 0.2) is 18.2 Å². The van der Waals surface area contributed by atoms with Crippen LogP contribution in [0.4, 0.5) is 13.2 Å². The third kappa shape index (κ3) is 3.59. The third-order valence-electron chi connectivity index (χ3n) is 3.07. The Morgan fingerprint density at radius 2 is 1.44 bits per heavy atom. The molecule has 1 aromatic heterocycles. The third-order valence-corrected chi connectivity index (χ3v) is 5.04. The first-order valence-electron chi connectivity index (χ1n) is 6.35. The highest BCUT2D eigenvalue weighted by Crippen LogP contribution is 2.43. The lowest BCUT2D eigenvalue weighted by atomic mass is 10.3. The largest absolute Gasteiger partial charge is 0.453 e. The molecule has 0 atom stereocenters. The van der Waals surface area contributed by atoms with Gasteiger partial charge in [0, 0.05) is 12.1 Å². The van der Waals surface area contributed by atoms with Gasteiger partial charge in [0.05, 0.1) is 25.6 Å². The zero-order valence-corrected chi connectivity index (χ0v) is 15.4. The lowest BCUT2D eigenvalue weighted by molar-refractivity contribution is -0.144. The van der Waals surface area contributed by atoms with Gasteiger partial charge in [-0.3, -0.25) is 0 Å². The van der Waals surface area contributed by atoms with Gasteiger partial charge in [0.1, 0.15) is 16.3 Å². The van der Waals surface area contributed by atoms with E-state index in [0.717, 1.165) is 0 Å². The van der Waals surface area contributed by atoms with E-state index in [1.807, 2.05) is 0 Å². The Bertz CT molecular complexity index is 964. The lowest BCUT2D eigenvalue weighted by Gasteiger charge is -2.11. The van der Waals surface area contributed by atoms with E-state index in [1.54, 1.807) is 0 Å². The van der Waals surface area contributed by atoms with Crippen molar-refractivity contribution in [3.8, 4) is 11.5 Å². The summed E-state index contributed by atoms with van der Waals surface area (Å²) < 4.78 is 44.2. The number of fused-ring (bicyclic) bond motifs is 1. The molecule has 0 bridgehead atoms. The Kier molecular flexibility index (Phi) is 4.94. The number of imidazole rings is 1. The fraction of sp³-hybridized carbons (Fsp3) is 0.0714. The van der Waals surface area contributed by atoms with Crippen molar-refractivity contribution in [1.29, 1.82) is 0 Å². The van der Waals surface area contributed by atoms with Gasteiger partial charge < -0.3 is 9.72 Å². The molecule has 3 rings (SSSR count). The van der Waals surface area contributed by atoms with E-state index in [1.165, 1.54) is 18.2 Å². The predicted octanol–water partition coefficient (Wildman–Crippen LogP) is 7.64. The molecule has 0 spiro atoms. The highest BCUT2D eigenvalue weighted by Gasteiger charge is 2.35. The van der Waals surface area contributed by atoms with Gasteiger partial charge in [-0.25, -0.2) is 4.98 Å². The van der Waals surface area contributed by atoms with Crippen LogP contribution in [0.1, 0.15) is 5.82 Å². The van der Waals surface area contributed by atoms with E-state index in [9.17, 15) is 13.2 Å². The van der Waals surface area contributed by atoms with E-state index in [0.29, 0.717) is 0 Å². The van der Waals surface area contributed by atoms with E-state index in [2.05, 4.69) is 9.97 Å². The molecular formula is C14H4Cl5F3N2O. The number of ether oxygens (including phenoxy) is 1. The van der Waals surface area contributed by atoms with Crippen LogP contribution >= 0.6 is 58.0 Å². The number of H-pyrrole nitrogens is 1. The number of nitrogens with zero attached hydrogens (tertiary/aromatic N) is 1. The summed E-state index contributed by atoms with van der Waals surface area (Å²) in [5.74, 6) is -1.29. The molecule has 132 valence electrons. The van der Waals surface area contributed by atoms with Crippen molar-refractivity contribution in [2.75, 3.05) is 0 Å². The summed E-state index contributed by atoms with van der Waals surface area (Å²) in [6, 6.07) is 3.88. The van der Waals surface area contributed by atoms with Gasteiger partial charge in [-0.05, 0) is 6.07 Å². The van der Waals surface area contributed by atoms with Crippen LogP contribution in [0.5, 0.6) is 11.5 Å². The molecule has 0 aliphatic heterocycles. The lowest BCUT2D eigenvalue weighted by Crippen LogP contribution is -2.06. The molecule has 0 saturated heterocycles. The molecule has 1 heterocycles. The fourth-order valence-electron chi connectivity index (χ4n) is 2.00. The Morgan fingerprint density at radius 1 is 0.880 bits per heavy atom. The molecule has 0 radical (unpaired) electrons. The van der Waals surface area contributed by atoms with Crippen LogP contribution in [0.25, 0.3) is 11.0 Å². The minimum Gasteiger partial charge on any atom is -0.453 e. The minimum atomic E-state index is -4.68. The van der Waals surface area contributed by atoms with E-state index in [-0.39, 0.29) is 47.6 Å². The van der Waals surface area contributed by atoms with Crippen LogP contribution in [0.2, 0.25) is 25.1 Å². The average Bonchev–Trinajstić information content (AvgIpc) is 2.93. The Morgan fingerprint density at radius 3 is 2.00 bits per heavy atom. The van der Waals surface area contributed by atoms with Crippen molar-refractivity contribution in [2.24, 2.45) is 0 Å². The van der Waals surface area contributed by atoms with Crippen LogP contribution in [-0.4, -0.2) is 9.97 Å². The molecule has 3 aromatic rings. The van der Waals surface area contributed by atoms with Gasteiger partial charge in [-0.15, -0.1) is 0 Å². The molecule has 1 N–H and O–H groups in total. The zero-order valence-electron chi connectivity index (χ0n) is 11.6. The zero-order chi connectivity index (χ0) is 18.5. The van der Waals surface area contributed by atoms with Crippen molar-refractivity contribution in [3.63, 3.8) is 0 Å². The van der Waals surface area contributed by atoms with Crippen molar-refractivity contribution >= 4 is 69.0 Å². The van der Waals surface area contributed by atoms with Gasteiger partial charge >= 0.3 is 6.18 Å². The van der Waals surface area contributed by atoms with Gasteiger partial charge in [0.15, 0.2) is 5.75 Å². The maximum absolute atomic E-state index is 12.9. The molecule has 0 saturated carbocycles. The summed E-state index contributed by atoms with van der Waals surface area (Å²) in [6.45, 7) is 0. The normalized spacial score (nSPS) is 12.0. The van der Waals surface area contributed by atoms with Crippen molar-refractivity contribution in [2.45, 2.75) is 6.18 Å². The number of aromatic amines is 1. The molecule has 2 aromatic carbocycles. The number of benzene rings is 2. The topological polar surface area (TPSA) is 37.9 Å². The number of rotatable bonds is 2. The first-order chi connectivity index (χ1) is 11.6. The van der Waals surface area contributed by atoms with E-state index in [4.69, 9.17) is 62.7 Å². The fourth-order valence-corrected chi connectivity index (χ4v) is 2.96. The molecule has 11 heteroatoms. The van der Waals surface area contributed by atoms with E-state index < -0.39 is 12.0 Å². The van der Waals surface area contributed by atoms with Crippen molar-refractivity contribution < 1.29 is 17.9 Å². The molecule has 0 fully saturated rings. The molecule has 0 aliphatic rings. The first kappa shape index (κ1) is 18.7. The summed E-state index contributed by atoms with van der Waals surface area (Å²) in [5, 5.41) is 0.162. The highest BCUT2D eigenvalue weighted by atomic mass is 35.5. The van der Waals surface area contributed by atoms with Crippen LogP contribution in [0.3, 0.4) is 0 Å². The average molecular weight is 450 g/mol. The van der Waals surface area contributed by atoms with Crippen LogP contribution in [-0.2, 0) is 6.18 Å². The summed E-state index contributed by atoms with van der Waals surface area (Å²) in [4.78, 5) is 5.63. The standard InChI is InChI=1S/C14H4Cl5F3N2O/c15-5-1-4(2-6(16)9(5)18)25-12-10(19)7(17)3-8-11(12)24-13(23-8)14(20,21)22/h1-3H,(H,23,24). The molecule has 0 unspecified atom stereocenters. The predicted molar refractivity (Wildman–Crippen MR) is 92.7 cm³/mol. The minimum absolute atomic E-state index is 0.00267. The van der Waals surface area contributed by atoms with Crippen molar-refractivity contribution in [1.82, 2.24) is 9.97 Å². The summed E-state index contributed by atoms with van der Waals surface area (Å²) >= 11 is 29.7. The Labute approximate surface area is 163 Å². The maximum Gasteiger partial charge on any atom is 0.449 e. The second kappa shape index (κ2) is 6.59. The summed E-state index contributed by atoms with van der Waals surface area (Å²) in [6.07, 6.45) is -4.68. The smallest absolute Gasteiger partial charge is 0.449 e. The van der Waals surface area contributed by atoms with Gasteiger partial charge in [-0.1, -0.05) is 58.0 Å². The molecule has 0 aliphatic carbocycles. The van der Waals surface area contributed by atoms with Crippen LogP contribution in [0, 0.1) is 0 Å². The number of halogens is 8. The number of aromatic nitrogens is 2. The number of hydrogen-bond acceptors (Lipinski definition) is 2. The van der Waals surface area contributed by atoms with Gasteiger partial charge in [-0.2, -0.15) is 13.2 Å². The quantitative estimate of drug-likeness (QED) is 0.408. The molecule has 0 amide bonds. The summed E-state index contributed by atoms with van der Waals surface area (Å²) in [5.41, 5.74) is -0.146.